The van der Waals surface area contributed by atoms with E-state index in [4.69, 9.17) is 4.74 Å². The number of nitrogens with one attached hydrogen (secondary N) is 2. The van der Waals surface area contributed by atoms with E-state index in [9.17, 15) is 0 Å². The summed E-state index contributed by atoms with van der Waals surface area (Å²) in [6.07, 6.45) is 3.29. The molecule has 1 aromatic rings. The number of hydrogen-bond donors (Lipinski definition) is 2. The summed E-state index contributed by atoms with van der Waals surface area (Å²) in [5, 5.41) is 6.92. The van der Waals surface area contributed by atoms with E-state index in [1.807, 2.05) is 0 Å². The van der Waals surface area contributed by atoms with Gasteiger partial charge in [0, 0.05) is 24.0 Å². The molecular weight excluding hydrogens is 232 g/mol. The first kappa shape index (κ1) is 12.7. The highest BCUT2D eigenvalue weighted by atomic mass is 32.2. The van der Waals surface area contributed by atoms with Crippen molar-refractivity contribution in [1.29, 1.82) is 0 Å². The van der Waals surface area contributed by atoms with Crippen LogP contribution in [0.5, 0.6) is 5.75 Å². The quantitative estimate of drug-likeness (QED) is 0.784. The van der Waals surface area contributed by atoms with Gasteiger partial charge in [0.1, 0.15) is 5.75 Å². The molecule has 0 radical (unpaired) electrons. The highest BCUT2D eigenvalue weighted by Gasteiger charge is 2.13. The van der Waals surface area contributed by atoms with Gasteiger partial charge in [-0.2, -0.15) is 0 Å². The topological polar surface area (TPSA) is 33.3 Å². The summed E-state index contributed by atoms with van der Waals surface area (Å²) in [5.74, 6) is 0.973. The minimum absolute atomic E-state index is 0.612. The van der Waals surface area contributed by atoms with Gasteiger partial charge in [-0.3, -0.25) is 0 Å². The Balaban J connectivity index is 1.95. The van der Waals surface area contributed by atoms with Crippen LogP contribution < -0.4 is 15.4 Å². The SMILES string of the molecule is COc1cc(CNC2CCNC2)ccc1SC. The van der Waals surface area contributed by atoms with Crippen molar-refractivity contribution in [3.63, 3.8) is 0 Å². The molecule has 1 aliphatic rings. The summed E-state index contributed by atoms with van der Waals surface area (Å²) in [4.78, 5) is 1.19. The first-order valence-corrected chi connectivity index (χ1v) is 7.21. The molecule has 1 aliphatic heterocycles. The molecule has 17 heavy (non-hydrogen) atoms. The van der Waals surface area contributed by atoms with E-state index in [0.29, 0.717) is 6.04 Å². The van der Waals surface area contributed by atoms with Gasteiger partial charge in [-0.15, -0.1) is 11.8 Å². The number of benzene rings is 1. The third-order valence-corrected chi connectivity index (χ3v) is 3.88. The lowest BCUT2D eigenvalue weighted by Gasteiger charge is -2.13. The van der Waals surface area contributed by atoms with Crippen molar-refractivity contribution in [2.75, 3.05) is 26.5 Å². The smallest absolute Gasteiger partial charge is 0.132 e. The van der Waals surface area contributed by atoms with E-state index in [1.165, 1.54) is 16.9 Å². The maximum atomic E-state index is 5.39. The number of methoxy groups -OCH3 is 1. The van der Waals surface area contributed by atoms with Gasteiger partial charge in [-0.25, -0.2) is 0 Å². The number of hydrogen-bond acceptors (Lipinski definition) is 4. The van der Waals surface area contributed by atoms with E-state index in [0.717, 1.165) is 25.4 Å². The Morgan fingerprint density at radius 1 is 1.53 bits per heavy atom. The molecule has 1 fully saturated rings. The lowest BCUT2D eigenvalue weighted by Crippen LogP contribution is -2.30. The summed E-state index contributed by atoms with van der Waals surface area (Å²) < 4.78 is 5.39. The van der Waals surface area contributed by atoms with E-state index in [2.05, 4.69) is 35.1 Å². The summed E-state index contributed by atoms with van der Waals surface area (Å²) in [6, 6.07) is 7.04. The Morgan fingerprint density at radius 3 is 3.06 bits per heavy atom. The molecule has 4 heteroatoms. The third-order valence-electron chi connectivity index (χ3n) is 3.10. The zero-order chi connectivity index (χ0) is 12.1. The van der Waals surface area contributed by atoms with Crippen LogP contribution in [0.4, 0.5) is 0 Å². The Morgan fingerprint density at radius 2 is 2.41 bits per heavy atom. The molecule has 2 N–H and O–H groups in total. The molecule has 1 atom stereocenters. The highest BCUT2D eigenvalue weighted by molar-refractivity contribution is 7.98. The Labute approximate surface area is 107 Å². The fraction of sp³-hybridized carbons (Fsp3) is 0.538. The van der Waals surface area contributed by atoms with Crippen LogP contribution in [0.15, 0.2) is 23.1 Å². The molecule has 0 bridgehead atoms. The van der Waals surface area contributed by atoms with E-state index in [-0.39, 0.29) is 0 Å². The molecule has 0 spiro atoms. The molecule has 1 saturated heterocycles. The van der Waals surface area contributed by atoms with Gasteiger partial charge in [-0.1, -0.05) is 6.07 Å². The van der Waals surface area contributed by atoms with Crippen molar-refractivity contribution >= 4 is 11.8 Å². The standard InChI is InChI=1S/C13H20N2OS/c1-16-12-7-10(3-4-13(12)17-2)8-15-11-5-6-14-9-11/h3-4,7,11,14-15H,5-6,8-9H2,1-2H3. The van der Waals surface area contributed by atoms with Crippen LogP contribution in [-0.4, -0.2) is 32.5 Å². The van der Waals surface area contributed by atoms with Gasteiger partial charge in [0.2, 0.25) is 0 Å². The fourth-order valence-corrected chi connectivity index (χ4v) is 2.63. The van der Waals surface area contributed by atoms with Gasteiger partial charge < -0.3 is 15.4 Å². The minimum atomic E-state index is 0.612. The van der Waals surface area contributed by atoms with E-state index in [1.54, 1.807) is 18.9 Å². The van der Waals surface area contributed by atoms with Crippen molar-refractivity contribution in [3.8, 4) is 5.75 Å². The van der Waals surface area contributed by atoms with Crippen LogP contribution in [0, 0.1) is 0 Å². The van der Waals surface area contributed by atoms with Gasteiger partial charge >= 0.3 is 0 Å². The molecule has 2 rings (SSSR count). The Bertz CT molecular complexity index is 364. The Kier molecular flexibility index (Phi) is 4.71. The molecule has 1 heterocycles. The van der Waals surface area contributed by atoms with Crippen molar-refractivity contribution in [3.05, 3.63) is 23.8 Å². The van der Waals surface area contributed by atoms with Gasteiger partial charge in [0.25, 0.3) is 0 Å². The second-order valence-electron chi connectivity index (χ2n) is 4.26. The molecule has 94 valence electrons. The second kappa shape index (κ2) is 6.28. The van der Waals surface area contributed by atoms with Crippen molar-refractivity contribution < 1.29 is 4.74 Å². The van der Waals surface area contributed by atoms with Crippen LogP contribution in [0.2, 0.25) is 0 Å². The van der Waals surface area contributed by atoms with Gasteiger partial charge in [0.05, 0.1) is 7.11 Å². The third kappa shape index (κ3) is 3.37. The molecule has 1 unspecified atom stereocenters. The fourth-order valence-electron chi connectivity index (χ4n) is 2.08. The van der Waals surface area contributed by atoms with Crippen molar-refractivity contribution in [2.24, 2.45) is 0 Å². The van der Waals surface area contributed by atoms with Crippen LogP contribution in [0.3, 0.4) is 0 Å². The Hall–Kier alpha value is -0.710. The lowest BCUT2D eigenvalue weighted by molar-refractivity contribution is 0.404. The molecule has 1 aromatic carbocycles. The minimum Gasteiger partial charge on any atom is -0.496 e. The molecule has 0 saturated carbocycles. The first-order valence-electron chi connectivity index (χ1n) is 5.98. The maximum Gasteiger partial charge on any atom is 0.132 e. The summed E-state index contributed by atoms with van der Waals surface area (Å²) in [5.41, 5.74) is 1.28. The van der Waals surface area contributed by atoms with Crippen LogP contribution in [0.25, 0.3) is 0 Å². The lowest BCUT2D eigenvalue weighted by atomic mass is 10.2. The average molecular weight is 252 g/mol. The summed E-state index contributed by atoms with van der Waals surface area (Å²) in [6.45, 7) is 3.13. The van der Waals surface area contributed by atoms with Crippen LogP contribution in [-0.2, 0) is 6.54 Å². The number of thioether (sulfide) groups is 1. The molecule has 3 nitrogen and oxygen atoms in total. The van der Waals surface area contributed by atoms with Crippen molar-refractivity contribution in [2.45, 2.75) is 23.9 Å². The maximum absolute atomic E-state index is 5.39. The normalized spacial score (nSPS) is 19.5. The molecular formula is C13H20N2OS. The van der Waals surface area contributed by atoms with Gasteiger partial charge in [0.15, 0.2) is 0 Å². The molecule has 0 amide bonds. The average Bonchev–Trinajstić information content (AvgIpc) is 2.89. The van der Waals surface area contributed by atoms with Crippen molar-refractivity contribution in [1.82, 2.24) is 10.6 Å². The molecule has 0 aliphatic carbocycles. The first-order chi connectivity index (χ1) is 8.33. The second-order valence-corrected chi connectivity index (χ2v) is 5.11. The predicted molar refractivity (Wildman–Crippen MR) is 72.9 cm³/mol. The van der Waals surface area contributed by atoms with E-state index < -0.39 is 0 Å². The largest absolute Gasteiger partial charge is 0.496 e. The highest BCUT2D eigenvalue weighted by Crippen LogP contribution is 2.28. The molecule has 0 aromatic heterocycles. The summed E-state index contributed by atoms with van der Waals surface area (Å²) >= 11 is 1.72. The van der Waals surface area contributed by atoms with E-state index >= 15 is 0 Å². The zero-order valence-electron chi connectivity index (χ0n) is 10.5. The predicted octanol–water partition coefficient (Wildman–Crippen LogP) is 1.87. The number of rotatable bonds is 5. The zero-order valence-corrected chi connectivity index (χ0v) is 11.3. The monoisotopic (exact) mass is 252 g/mol. The van der Waals surface area contributed by atoms with Crippen LogP contribution >= 0.6 is 11.8 Å². The van der Waals surface area contributed by atoms with Crippen LogP contribution in [0.1, 0.15) is 12.0 Å². The van der Waals surface area contributed by atoms with Gasteiger partial charge in [-0.05, 0) is 36.9 Å². The summed E-state index contributed by atoms with van der Waals surface area (Å²) in [7, 11) is 1.73. The number of ether oxygens (including phenoxy) is 1.